The monoisotopic (exact) mass is 245 g/mol. The van der Waals surface area contributed by atoms with Crippen molar-refractivity contribution < 1.29 is 21.9 Å². The van der Waals surface area contributed by atoms with E-state index in [4.69, 9.17) is 5.11 Å². The molecule has 0 heterocycles. The van der Waals surface area contributed by atoms with Gasteiger partial charge in [0, 0.05) is 19.8 Å². The molecule has 0 spiro atoms. The summed E-state index contributed by atoms with van der Waals surface area (Å²) >= 11 is 0. The normalized spacial score (nSPS) is 15.8. The van der Waals surface area contributed by atoms with Gasteiger partial charge in [-0.3, -0.25) is 0 Å². The fourth-order valence-corrected chi connectivity index (χ4v) is 4.17. The zero-order valence-electron chi connectivity index (χ0n) is 8.34. The molecule has 0 saturated heterocycles. The summed E-state index contributed by atoms with van der Waals surface area (Å²) in [6.07, 6.45) is 0.0233. The predicted molar refractivity (Wildman–Crippen MR) is 52.9 cm³/mol. The molecule has 0 bridgehead atoms. The Morgan fingerprint density at radius 2 is 1.71 bits per heavy atom. The molecule has 1 unspecified atom stereocenters. The van der Waals surface area contributed by atoms with E-state index in [9.17, 15) is 16.8 Å². The third-order valence-corrected chi connectivity index (χ3v) is 5.36. The van der Waals surface area contributed by atoms with Crippen LogP contribution in [0.25, 0.3) is 0 Å². The molecule has 0 radical (unpaired) electrons. The SMILES string of the molecule is CC(O)CN(C)S(=O)(=O)CS(C)(=O)=O. The van der Waals surface area contributed by atoms with Crippen molar-refractivity contribution >= 4 is 19.9 Å². The number of aliphatic hydroxyl groups excluding tert-OH is 1. The van der Waals surface area contributed by atoms with Gasteiger partial charge in [0.2, 0.25) is 10.0 Å². The molecular formula is C6H15NO5S2. The first kappa shape index (κ1) is 13.8. The van der Waals surface area contributed by atoms with Crippen LogP contribution in [-0.2, 0) is 19.9 Å². The number of sulfonamides is 1. The molecule has 0 rings (SSSR count). The van der Waals surface area contributed by atoms with Crippen molar-refractivity contribution in [1.29, 1.82) is 0 Å². The van der Waals surface area contributed by atoms with Crippen LogP contribution in [0.15, 0.2) is 0 Å². The van der Waals surface area contributed by atoms with Crippen LogP contribution in [0.5, 0.6) is 0 Å². The Morgan fingerprint density at radius 3 is 2.00 bits per heavy atom. The summed E-state index contributed by atoms with van der Waals surface area (Å²) < 4.78 is 45.0. The van der Waals surface area contributed by atoms with E-state index in [1.54, 1.807) is 0 Å². The summed E-state index contributed by atoms with van der Waals surface area (Å²) in [7, 11) is -6.17. The minimum atomic E-state index is -3.83. The molecule has 0 amide bonds. The van der Waals surface area contributed by atoms with Crippen LogP contribution in [0, 0.1) is 0 Å². The first-order valence-electron chi connectivity index (χ1n) is 3.84. The van der Waals surface area contributed by atoms with Crippen LogP contribution in [0.3, 0.4) is 0 Å². The summed E-state index contributed by atoms with van der Waals surface area (Å²) in [5.74, 6) is 0. The molecule has 6 nitrogen and oxygen atoms in total. The molecule has 0 aliphatic heterocycles. The van der Waals surface area contributed by atoms with Gasteiger partial charge in [-0.15, -0.1) is 0 Å². The van der Waals surface area contributed by atoms with Gasteiger partial charge in [0.25, 0.3) is 0 Å². The molecule has 86 valence electrons. The average Bonchev–Trinajstić information content (AvgIpc) is 1.78. The lowest BCUT2D eigenvalue weighted by Crippen LogP contribution is -2.36. The Balaban J connectivity index is 4.64. The average molecular weight is 245 g/mol. The highest BCUT2D eigenvalue weighted by Crippen LogP contribution is 2.02. The van der Waals surface area contributed by atoms with E-state index in [0.717, 1.165) is 10.6 Å². The number of rotatable bonds is 5. The van der Waals surface area contributed by atoms with Crippen LogP contribution in [0.4, 0.5) is 0 Å². The number of hydrogen-bond acceptors (Lipinski definition) is 5. The standard InChI is InChI=1S/C6H15NO5S2/c1-6(8)4-7(2)14(11,12)5-13(3,9)10/h6,8H,4-5H2,1-3H3. The first-order chi connectivity index (χ1) is 6.04. The van der Waals surface area contributed by atoms with Gasteiger partial charge in [-0.1, -0.05) is 0 Å². The van der Waals surface area contributed by atoms with Gasteiger partial charge < -0.3 is 5.11 Å². The fraction of sp³-hybridized carbons (Fsp3) is 1.00. The third-order valence-electron chi connectivity index (χ3n) is 1.36. The maximum absolute atomic E-state index is 11.3. The lowest BCUT2D eigenvalue weighted by Gasteiger charge is -2.17. The molecule has 0 aromatic carbocycles. The molecule has 8 heteroatoms. The molecule has 0 aromatic rings. The van der Waals surface area contributed by atoms with Crippen LogP contribution >= 0.6 is 0 Å². The predicted octanol–water partition coefficient (Wildman–Crippen LogP) is -1.37. The Morgan fingerprint density at radius 1 is 1.29 bits per heavy atom. The van der Waals surface area contributed by atoms with Gasteiger partial charge >= 0.3 is 0 Å². The zero-order chi connectivity index (χ0) is 11.6. The molecular weight excluding hydrogens is 230 g/mol. The minimum Gasteiger partial charge on any atom is -0.392 e. The molecule has 1 atom stereocenters. The molecule has 0 aliphatic rings. The highest BCUT2D eigenvalue weighted by atomic mass is 32.3. The summed E-state index contributed by atoms with van der Waals surface area (Å²) in [4.78, 5) is 0. The Bertz CT molecular complexity index is 369. The van der Waals surface area contributed by atoms with Crippen LogP contribution < -0.4 is 0 Å². The van der Waals surface area contributed by atoms with Gasteiger partial charge in [-0.05, 0) is 6.92 Å². The van der Waals surface area contributed by atoms with Crippen molar-refractivity contribution in [2.24, 2.45) is 0 Å². The summed E-state index contributed by atoms with van der Waals surface area (Å²) in [6.45, 7) is 1.31. The van der Waals surface area contributed by atoms with Gasteiger partial charge in [0.1, 0.15) is 0 Å². The second-order valence-corrected chi connectivity index (χ2v) is 7.87. The van der Waals surface area contributed by atoms with Crippen LogP contribution in [0.1, 0.15) is 6.92 Å². The van der Waals surface area contributed by atoms with Crippen molar-refractivity contribution in [2.75, 3.05) is 24.9 Å². The highest BCUT2D eigenvalue weighted by molar-refractivity contribution is 8.06. The van der Waals surface area contributed by atoms with E-state index >= 15 is 0 Å². The van der Waals surface area contributed by atoms with Crippen molar-refractivity contribution in [2.45, 2.75) is 13.0 Å². The van der Waals surface area contributed by atoms with Crippen molar-refractivity contribution in [1.82, 2.24) is 4.31 Å². The number of aliphatic hydroxyl groups is 1. The fourth-order valence-electron chi connectivity index (χ4n) is 0.846. The molecule has 0 fully saturated rings. The van der Waals surface area contributed by atoms with Crippen molar-refractivity contribution in [3.8, 4) is 0 Å². The van der Waals surface area contributed by atoms with E-state index in [1.165, 1.54) is 14.0 Å². The maximum Gasteiger partial charge on any atom is 0.228 e. The van der Waals surface area contributed by atoms with Crippen molar-refractivity contribution in [3.05, 3.63) is 0 Å². The summed E-state index contributed by atoms with van der Waals surface area (Å²) in [5, 5.41) is 8.00. The van der Waals surface area contributed by atoms with Gasteiger partial charge in [0.15, 0.2) is 14.9 Å². The smallest absolute Gasteiger partial charge is 0.228 e. The summed E-state index contributed by atoms with van der Waals surface area (Å²) in [5.41, 5.74) is 0. The minimum absolute atomic E-state index is 0.113. The highest BCUT2D eigenvalue weighted by Gasteiger charge is 2.24. The molecule has 0 saturated carbocycles. The first-order valence-corrected chi connectivity index (χ1v) is 7.51. The van der Waals surface area contributed by atoms with Gasteiger partial charge in [-0.2, -0.15) is 0 Å². The quantitative estimate of drug-likeness (QED) is 0.645. The van der Waals surface area contributed by atoms with E-state index in [1.807, 2.05) is 0 Å². The molecule has 0 aliphatic carbocycles. The number of hydrogen-bond donors (Lipinski definition) is 1. The Labute approximate surface area is 84.5 Å². The largest absolute Gasteiger partial charge is 0.392 e. The Kier molecular flexibility index (Phi) is 4.50. The zero-order valence-corrected chi connectivity index (χ0v) is 9.97. The summed E-state index contributed by atoms with van der Waals surface area (Å²) in [6, 6.07) is 0. The van der Waals surface area contributed by atoms with E-state index in [2.05, 4.69) is 0 Å². The van der Waals surface area contributed by atoms with Gasteiger partial charge in [-0.25, -0.2) is 21.1 Å². The van der Waals surface area contributed by atoms with Gasteiger partial charge in [0.05, 0.1) is 6.10 Å². The van der Waals surface area contributed by atoms with Crippen molar-refractivity contribution in [3.63, 3.8) is 0 Å². The Hall–Kier alpha value is -0.180. The lowest BCUT2D eigenvalue weighted by molar-refractivity contribution is 0.171. The van der Waals surface area contributed by atoms with Crippen LogP contribution in [-0.4, -0.2) is 57.3 Å². The van der Waals surface area contributed by atoms with Crippen LogP contribution in [0.2, 0.25) is 0 Å². The number of sulfone groups is 1. The number of nitrogens with zero attached hydrogens (tertiary/aromatic N) is 1. The third kappa shape index (κ3) is 5.53. The molecule has 14 heavy (non-hydrogen) atoms. The van der Waals surface area contributed by atoms with E-state index in [-0.39, 0.29) is 6.54 Å². The van der Waals surface area contributed by atoms with E-state index in [0.29, 0.717) is 0 Å². The second kappa shape index (κ2) is 4.56. The molecule has 0 aromatic heterocycles. The number of likely N-dealkylation sites (N-methyl/N-ethyl adjacent to an activating group) is 1. The lowest BCUT2D eigenvalue weighted by atomic mass is 10.4. The maximum atomic E-state index is 11.3. The topological polar surface area (TPSA) is 91.8 Å². The molecule has 1 N–H and O–H groups in total. The van der Waals surface area contributed by atoms with E-state index < -0.39 is 31.0 Å². The second-order valence-electron chi connectivity index (χ2n) is 3.29.